The first-order valence-corrected chi connectivity index (χ1v) is 5.72. The minimum absolute atomic E-state index is 0.171. The summed E-state index contributed by atoms with van der Waals surface area (Å²) in [7, 11) is 0. The summed E-state index contributed by atoms with van der Waals surface area (Å²) in [5.41, 5.74) is 1.54. The van der Waals surface area contributed by atoms with Crippen molar-refractivity contribution in [3.63, 3.8) is 0 Å². The summed E-state index contributed by atoms with van der Waals surface area (Å²) in [4.78, 5) is 27.0. The third kappa shape index (κ3) is 2.11. The van der Waals surface area contributed by atoms with Crippen molar-refractivity contribution >= 4 is 23.3 Å². The number of nitrogens with zero attached hydrogens (tertiary/aromatic N) is 1. The van der Waals surface area contributed by atoms with Gasteiger partial charge in [-0.1, -0.05) is 32.0 Å². The molecule has 0 radical (unpaired) electrons. The molecule has 2 rings (SSSR count). The second-order valence-electron chi connectivity index (χ2n) is 4.50. The van der Waals surface area contributed by atoms with E-state index in [0.29, 0.717) is 11.3 Å². The molecule has 18 heavy (non-hydrogen) atoms. The van der Waals surface area contributed by atoms with Gasteiger partial charge in [0, 0.05) is 5.56 Å². The monoisotopic (exact) mass is 246 g/mol. The number of benzene rings is 1. The Kier molecular flexibility index (Phi) is 3.14. The Bertz CT molecular complexity index is 535. The van der Waals surface area contributed by atoms with Crippen LogP contribution < -0.4 is 5.32 Å². The average molecular weight is 246 g/mol. The molecule has 1 aromatic rings. The minimum Gasteiger partial charge on any atom is -0.480 e. The number of hydrogen-bond donors (Lipinski definition) is 2. The van der Waals surface area contributed by atoms with E-state index in [1.165, 1.54) is 0 Å². The van der Waals surface area contributed by atoms with E-state index >= 15 is 0 Å². The molecular weight excluding hydrogens is 232 g/mol. The molecule has 94 valence electrons. The molecule has 0 bridgehead atoms. The van der Waals surface area contributed by atoms with Gasteiger partial charge < -0.3 is 10.4 Å². The van der Waals surface area contributed by atoms with Gasteiger partial charge in [0.1, 0.15) is 5.71 Å². The summed E-state index contributed by atoms with van der Waals surface area (Å²) >= 11 is 0. The molecule has 0 aromatic heterocycles. The largest absolute Gasteiger partial charge is 0.480 e. The van der Waals surface area contributed by atoms with Gasteiger partial charge in [-0.15, -0.1) is 0 Å². The Morgan fingerprint density at radius 1 is 1.33 bits per heavy atom. The zero-order valence-corrected chi connectivity index (χ0v) is 10.2. The third-order valence-electron chi connectivity index (χ3n) is 2.80. The third-order valence-corrected chi connectivity index (χ3v) is 2.80. The van der Waals surface area contributed by atoms with E-state index in [-0.39, 0.29) is 17.5 Å². The van der Waals surface area contributed by atoms with E-state index in [1.807, 2.05) is 0 Å². The smallest absolute Gasteiger partial charge is 0.328 e. The van der Waals surface area contributed by atoms with E-state index in [9.17, 15) is 9.59 Å². The minimum atomic E-state index is -1.02. The van der Waals surface area contributed by atoms with Gasteiger partial charge in [-0.25, -0.2) is 4.79 Å². The second kappa shape index (κ2) is 4.60. The van der Waals surface area contributed by atoms with Crippen LogP contribution in [0.25, 0.3) is 0 Å². The molecule has 0 aliphatic carbocycles. The van der Waals surface area contributed by atoms with Crippen LogP contribution in [0.2, 0.25) is 0 Å². The van der Waals surface area contributed by atoms with Gasteiger partial charge in [-0.05, 0) is 12.0 Å². The molecule has 1 aliphatic heterocycles. The van der Waals surface area contributed by atoms with Gasteiger partial charge in [-0.3, -0.25) is 9.79 Å². The van der Waals surface area contributed by atoms with Crippen LogP contribution in [-0.2, 0) is 9.59 Å². The van der Waals surface area contributed by atoms with E-state index in [0.717, 1.165) is 0 Å². The number of carbonyl (C=O) groups excluding carboxylic acids is 1. The first kappa shape index (κ1) is 12.3. The Balaban J connectivity index is 2.44. The van der Waals surface area contributed by atoms with Crippen molar-refractivity contribution in [1.82, 2.24) is 0 Å². The lowest BCUT2D eigenvalue weighted by Gasteiger charge is -2.11. The molecule has 1 amide bonds. The zero-order chi connectivity index (χ0) is 13.3. The van der Waals surface area contributed by atoms with E-state index < -0.39 is 12.0 Å². The maximum absolute atomic E-state index is 11.8. The number of aliphatic carboxylic acids is 1. The number of anilines is 1. The number of nitrogens with one attached hydrogen (secondary N) is 1. The summed E-state index contributed by atoms with van der Waals surface area (Å²) in [5, 5.41) is 11.8. The van der Waals surface area contributed by atoms with Crippen LogP contribution in [0.15, 0.2) is 29.3 Å². The highest BCUT2D eigenvalue weighted by atomic mass is 16.4. The predicted molar refractivity (Wildman–Crippen MR) is 67.9 cm³/mol. The molecule has 0 unspecified atom stereocenters. The summed E-state index contributed by atoms with van der Waals surface area (Å²) in [6.45, 7) is 3.53. The number of carboxylic acid groups (broad SMARTS) is 1. The Hall–Kier alpha value is -2.17. The van der Waals surface area contributed by atoms with Crippen LogP contribution >= 0.6 is 0 Å². The molecule has 2 N–H and O–H groups in total. The van der Waals surface area contributed by atoms with Crippen molar-refractivity contribution in [2.75, 3.05) is 5.32 Å². The normalized spacial score (nSPS) is 17.7. The highest BCUT2D eigenvalue weighted by Crippen LogP contribution is 2.23. The molecule has 5 heteroatoms. The van der Waals surface area contributed by atoms with Crippen LogP contribution in [0.1, 0.15) is 19.4 Å². The molecule has 5 nitrogen and oxygen atoms in total. The lowest BCUT2D eigenvalue weighted by atomic mass is 10.0. The van der Waals surface area contributed by atoms with Gasteiger partial charge in [0.15, 0.2) is 6.04 Å². The zero-order valence-electron chi connectivity index (χ0n) is 10.2. The van der Waals surface area contributed by atoms with Crippen LogP contribution in [0.5, 0.6) is 0 Å². The number of amides is 1. The highest BCUT2D eigenvalue weighted by molar-refractivity contribution is 6.53. The fourth-order valence-corrected chi connectivity index (χ4v) is 1.86. The molecule has 1 aromatic carbocycles. The summed E-state index contributed by atoms with van der Waals surface area (Å²) < 4.78 is 0. The lowest BCUT2D eigenvalue weighted by molar-refractivity contribution is -0.139. The lowest BCUT2D eigenvalue weighted by Crippen LogP contribution is -2.27. The first-order chi connectivity index (χ1) is 8.50. The predicted octanol–water partition coefficient (Wildman–Crippen LogP) is 1.54. The molecule has 1 atom stereocenters. The molecule has 0 saturated carbocycles. The van der Waals surface area contributed by atoms with Gasteiger partial charge in [0.2, 0.25) is 0 Å². The van der Waals surface area contributed by atoms with Gasteiger partial charge in [-0.2, -0.15) is 0 Å². The van der Waals surface area contributed by atoms with Crippen molar-refractivity contribution in [2.45, 2.75) is 19.9 Å². The van der Waals surface area contributed by atoms with Crippen LogP contribution in [0.4, 0.5) is 5.69 Å². The molecule has 1 heterocycles. The summed E-state index contributed by atoms with van der Waals surface area (Å²) in [6.07, 6.45) is 0. The first-order valence-electron chi connectivity index (χ1n) is 5.72. The van der Waals surface area contributed by atoms with E-state index in [4.69, 9.17) is 5.11 Å². The summed E-state index contributed by atoms with van der Waals surface area (Å²) in [5.74, 6) is -1.53. The van der Waals surface area contributed by atoms with Crippen molar-refractivity contribution in [3.8, 4) is 0 Å². The standard InChI is InChI=1S/C13H14N2O3/c1-7(2)10(13(17)18)15-11-8-5-3-4-6-9(8)14-12(11)16/h3-7,10H,1-2H3,(H,17,18)(H,14,15,16)/t10-/m0/s1. The van der Waals surface area contributed by atoms with Crippen molar-refractivity contribution in [3.05, 3.63) is 29.8 Å². The molecule has 0 saturated heterocycles. The van der Waals surface area contributed by atoms with Gasteiger partial charge in [0.05, 0.1) is 5.69 Å². The Labute approximate surface area is 105 Å². The Morgan fingerprint density at radius 3 is 2.61 bits per heavy atom. The maximum Gasteiger partial charge on any atom is 0.328 e. The number of rotatable bonds is 3. The maximum atomic E-state index is 11.8. The molecule has 0 spiro atoms. The van der Waals surface area contributed by atoms with Gasteiger partial charge >= 0.3 is 5.97 Å². The molecule has 1 aliphatic rings. The van der Waals surface area contributed by atoms with Crippen LogP contribution in [0.3, 0.4) is 0 Å². The summed E-state index contributed by atoms with van der Waals surface area (Å²) in [6, 6.07) is 6.21. The van der Waals surface area contributed by atoms with Crippen LogP contribution in [-0.4, -0.2) is 28.7 Å². The fourth-order valence-electron chi connectivity index (χ4n) is 1.86. The van der Waals surface area contributed by atoms with Crippen molar-refractivity contribution in [2.24, 2.45) is 10.9 Å². The number of carbonyl (C=O) groups is 2. The number of para-hydroxylation sites is 1. The average Bonchev–Trinajstić information content (AvgIpc) is 2.61. The van der Waals surface area contributed by atoms with E-state index in [1.54, 1.807) is 38.1 Å². The van der Waals surface area contributed by atoms with Gasteiger partial charge in [0.25, 0.3) is 5.91 Å². The SMILES string of the molecule is CC(C)[C@H](N=C1C(=O)Nc2ccccc21)C(=O)O. The van der Waals surface area contributed by atoms with Crippen molar-refractivity contribution < 1.29 is 14.7 Å². The van der Waals surface area contributed by atoms with Crippen molar-refractivity contribution in [1.29, 1.82) is 0 Å². The van der Waals surface area contributed by atoms with E-state index in [2.05, 4.69) is 10.3 Å². The molecule has 0 fully saturated rings. The number of fused-ring (bicyclic) bond motifs is 1. The number of hydrogen-bond acceptors (Lipinski definition) is 3. The number of aliphatic imine (C=N–C) groups is 1. The molecular formula is C13H14N2O3. The van der Waals surface area contributed by atoms with Crippen LogP contribution in [0, 0.1) is 5.92 Å². The topological polar surface area (TPSA) is 78.8 Å². The Morgan fingerprint density at radius 2 is 2.00 bits per heavy atom. The quantitative estimate of drug-likeness (QED) is 0.849. The number of carboxylic acids is 1. The fraction of sp³-hybridized carbons (Fsp3) is 0.308. The second-order valence-corrected chi connectivity index (χ2v) is 4.50. The highest BCUT2D eigenvalue weighted by Gasteiger charge is 2.29.